The van der Waals surface area contributed by atoms with E-state index in [2.05, 4.69) is 254 Å². The highest BCUT2D eigenvalue weighted by atomic mass is 32.1. The Morgan fingerprint density at radius 2 is 0.841 bits per heavy atom. The number of hydrogen-bond donors (Lipinski definition) is 0. The van der Waals surface area contributed by atoms with Crippen molar-refractivity contribution in [2.24, 2.45) is 0 Å². The number of fused-ring (bicyclic) bond motifs is 6. The molecule has 0 aliphatic heterocycles. The van der Waals surface area contributed by atoms with Crippen molar-refractivity contribution in [3.8, 4) is 44.5 Å². The normalized spacial score (nSPS) is 12.6. The Morgan fingerprint density at radius 1 is 0.317 bits per heavy atom. The van der Waals surface area contributed by atoms with E-state index < -0.39 is 5.41 Å². The fraction of sp³-hybridized carbons (Fsp3) is 0.0164. The number of rotatable bonds is 8. The summed E-state index contributed by atoms with van der Waals surface area (Å²) in [6, 6.07) is 91.7. The summed E-state index contributed by atoms with van der Waals surface area (Å²) in [5, 5.41) is 2.55. The average molecular weight is 820 g/mol. The van der Waals surface area contributed by atoms with Gasteiger partial charge in [0.2, 0.25) is 0 Å². The summed E-state index contributed by atoms with van der Waals surface area (Å²) in [6.07, 6.45) is 0. The third-order valence-corrected chi connectivity index (χ3v) is 14.2. The first kappa shape index (κ1) is 37.0. The Hall–Kier alpha value is -7.78. The van der Waals surface area contributed by atoms with Gasteiger partial charge in [-0.25, -0.2) is 0 Å². The van der Waals surface area contributed by atoms with Gasteiger partial charge >= 0.3 is 0 Å². The van der Waals surface area contributed by atoms with Gasteiger partial charge in [-0.3, -0.25) is 0 Å². The van der Waals surface area contributed by atoms with Gasteiger partial charge in [-0.05, 0) is 91.5 Å². The van der Waals surface area contributed by atoms with E-state index in [-0.39, 0.29) is 0 Å². The van der Waals surface area contributed by atoms with Crippen molar-refractivity contribution in [1.82, 2.24) is 0 Å². The van der Waals surface area contributed by atoms with Gasteiger partial charge in [0.1, 0.15) is 0 Å². The van der Waals surface area contributed by atoms with E-state index in [0.29, 0.717) is 0 Å². The van der Waals surface area contributed by atoms with Crippen LogP contribution in [-0.2, 0) is 5.41 Å². The predicted octanol–water partition coefficient (Wildman–Crippen LogP) is 16.9. The number of thiophene rings is 1. The fourth-order valence-electron chi connectivity index (χ4n) is 10.1. The zero-order valence-corrected chi connectivity index (χ0v) is 35.3. The molecule has 11 aromatic rings. The van der Waals surface area contributed by atoms with Crippen LogP contribution in [0.15, 0.2) is 249 Å². The maximum Gasteiger partial charge on any atom is 0.0714 e. The molecule has 2 heteroatoms. The molecule has 0 N–H and O–H groups in total. The van der Waals surface area contributed by atoms with E-state index >= 15 is 0 Å². The van der Waals surface area contributed by atoms with Gasteiger partial charge in [0.05, 0.1) is 21.5 Å². The van der Waals surface area contributed by atoms with Gasteiger partial charge in [-0.15, -0.1) is 11.3 Å². The van der Waals surface area contributed by atoms with Crippen molar-refractivity contribution < 1.29 is 0 Å². The van der Waals surface area contributed by atoms with Crippen molar-refractivity contribution in [3.05, 3.63) is 271 Å². The molecule has 0 unspecified atom stereocenters. The van der Waals surface area contributed by atoms with Crippen LogP contribution in [0.2, 0.25) is 0 Å². The van der Waals surface area contributed by atoms with E-state index in [1.807, 2.05) is 11.3 Å². The zero-order chi connectivity index (χ0) is 41.7. The third-order valence-electron chi connectivity index (χ3n) is 13.0. The smallest absolute Gasteiger partial charge is 0.0714 e. The fourth-order valence-corrected chi connectivity index (χ4v) is 11.3. The van der Waals surface area contributed by atoms with Gasteiger partial charge < -0.3 is 4.90 Å². The second-order valence-corrected chi connectivity index (χ2v) is 17.4. The highest BCUT2D eigenvalue weighted by molar-refractivity contribution is 7.26. The predicted molar refractivity (Wildman–Crippen MR) is 268 cm³/mol. The van der Waals surface area contributed by atoms with Gasteiger partial charge in [0.25, 0.3) is 0 Å². The summed E-state index contributed by atoms with van der Waals surface area (Å²) in [5.74, 6) is 0. The van der Waals surface area contributed by atoms with Crippen LogP contribution in [-0.4, -0.2) is 0 Å². The van der Waals surface area contributed by atoms with Gasteiger partial charge in [-0.1, -0.05) is 218 Å². The summed E-state index contributed by atoms with van der Waals surface area (Å²) in [4.78, 5) is 2.55. The summed E-state index contributed by atoms with van der Waals surface area (Å²) < 4.78 is 2.54. The van der Waals surface area contributed by atoms with E-state index in [4.69, 9.17) is 0 Å². The van der Waals surface area contributed by atoms with Crippen molar-refractivity contribution in [2.75, 3.05) is 4.90 Å². The molecule has 12 rings (SSSR count). The highest BCUT2D eigenvalue weighted by Crippen LogP contribution is 2.58. The molecule has 63 heavy (non-hydrogen) atoms. The molecule has 0 fully saturated rings. The van der Waals surface area contributed by atoms with E-state index in [0.717, 1.165) is 28.2 Å². The maximum absolute atomic E-state index is 2.55. The van der Waals surface area contributed by atoms with E-state index in [1.165, 1.54) is 75.8 Å². The minimum atomic E-state index is -0.540. The number of nitrogens with zero attached hydrogens (tertiary/aromatic N) is 1. The van der Waals surface area contributed by atoms with Crippen molar-refractivity contribution >= 4 is 48.6 Å². The Kier molecular flexibility index (Phi) is 8.98. The highest BCUT2D eigenvalue weighted by Gasteiger charge is 2.46. The molecule has 0 atom stereocenters. The molecule has 1 nitrogen and oxygen atoms in total. The Morgan fingerprint density at radius 3 is 1.56 bits per heavy atom. The second kappa shape index (κ2) is 15.3. The second-order valence-electron chi connectivity index (χ2n) is 16.4. The third kappa shape index (κ3) is 6.06. The first-order chi connectivity index (χ1) is 31.3. The maximum atomic E-state index is 2.55. The van der Waals surface area contributed by atoms with Crippen LogP contribution in [0.4, 0.5) is 17.1 Å². The minimum Gasteiger partial charge on any atom is -0.308 e. The molecule has 296 valence electrons. The summed E-state index contributed by atoms with van der Waals surface area (Å²) in [7, 11) is 0. The molecule has 1 aliphatic carbocycles. The first-order valence-electron chi connectivity index (χ1n) is 21.7. The Balaban J connectivity index is 1.16. The molecule has 0 spiro atoms. The van der Waals surface area contributed by atoms with Crippen LogP contribution in [0, 0.1) is 0 Å². The summed E-state index contributed by atoms with van der Waals surface area (Å²) >= 11 is 1.87. The minimum absolute atomic E-state index is 0.540. The summed E-state index contributed by atoms with van der Waals surface area (Å²) in [5.41, 5.74) is 17.5. The molecular formula is C61H41NS. The zero-order valence-electron chi connectivity index (χ0n) is 34.5. The molecule has 0 saturated heterocycles. The molecule has 1 aliphatic rings. The van der Waals surface area contributed by atoms with Gasteiger partial charge in [0.15, 0.2) is 0 Å². The molecular weight excluding hydrogens is 779 g/mol. The van der Waals surface area contributed by atoms with E-state index in [1.54, 1.807) is 0 Å². The lowest BCUT2D eigenvalue weighted by atomic mass is 9.67. The molecule has 1 heterocycles. The number of benzene rings is 10. The SMILES string of the molecule is c1ccc(-c2ccc(-c3ccc(-c4ccccc4)cc3N(c3ccc4c(c3)C(c3ccccc3)(c3ccccc3)c3ccccc3-4)c3cccc4c3sc3ccccc34)cc2)cc1. The first-order valence-corrected chi connectivity index (χ1v) is 22.5. The van der Waals surface area contributed by atoms with Gasteiger partial charge in [0, 0.05) is 26.7 Å². The van der Waals surface area contributed by atoms with Crippen LogP contribution in [0.3, 0.4) is 0 Å². The van der Waals surface area contributed by atoms with E-state index in [9.17, 15) is 0 Å². The number of hydrogen-bond acceptors (Lipinski definition) is 2. The van der Waals surface area contributed by atoms with Crippen LogP contribution in [0.5, 0.6) is 0 Å². The van der Waals surface area contributed by atoms with Crippen molar-refractivity contribution in [3.63, 3.8) is 0 Å². The molecule has 10 aromatic carbocycles. The topological polar surface area (TPSA) is 3.24 Å². The quantitative estimate of drug-likeness (QED) is 0.148. The monoisotopic (exact) mass is 819 g/mol. The van der Waals surface area contributed by atoms with Crippen molar-refractivity contribution in [1.29, 1.82) is 0 Å². The Labute approximate surface area is 372 Å². The van der Waals surface area contributed by atoms with Crippen molar-refractivity contribution in [2.45, 2.75) is 5.41 Å². The van der Waals surface area contributed by atoms with Crippen LogP contribution in [0.1, 0.15) is 22.3 Å². The van der Waals surface area contributed by atoms with Crippen LogP contribution in [0.25, 0.3) is 64.7 Å². The lowest BCUT2D eigenvalue weighted by Gasteiger charge is -2.35. The lowest BCUT2D eigenvalue weighted by Crippen LogP contribution is -2.28. The lowest BCUT2D eigenvalue weighted by molar-refractivity contribution is 0.768. The number of anilines is 3. The molecule has 0 saturated carbocycles. The van der Waals surface area contributed by atoms with Crippen LogP contribution >= 0.6 is 11.3 Å². The van der Waals surface area contributed by atoms with Gasteiger partial charge in [-0.2, -0.15) is 0 Å². The molecule has 0 radical (unpaired) electrons. The summed E-state index contributed by atoms with van der Waals surface area (Å²) in [6.45, 7) is 0. The standard InChI is InChI=1S/C61H41NS/c1-5-18-42(19-6-1)44-32-34-45(35-33-44)50-38-36-46(43-20-7-2-8-21-43)40-58(50)62(57-30-17-28-54-53-27-14-16-31-59(53)63-60(54)57)49-37-39-52-51-26-13-15-29-55(51)61(56(52)41-49,47-22-9-3-10-23-47)48-24-11-4-12-25-48/h1-41H. The Bertz CT molecular complexity index is 3390. The molecule has 0 bridgehead atoms. The molecule has 0 amide bonds. The van der Waals surface area contributed by atoms with Crippen LogP contribution < -0.4 is 4.90 Å². The largest absolute Gasteiger partial charge is 0.308 e. The average Bonchev–Trinajstić information content (AvgIpc) is 3.90. The molecule has 1 aromatic heterocycles.